The first kappa shape index (κ1) is 16.7. The first-order valence-electron chi connectivity index (χ1n) is 7.26. The molecule has 6 nitrogen and oxygen atoms in total. The quantitative estimate of drug-likeness (QED) is 0.811. The zero-order valence-corrected chi connectivity index (χ0v) is 13.7. The smallest absolute Gasteiger partial charge is 0.332 e. The van der Waals surface area contributed by atoms with E-state index < -0.39 is 6.04 Å². The minimum Gasteiger partial charge on any atom is -0.493 e. The second-order valence-electron chi connectivity index (χ2n) is 4.75. The number of dihydropyridines is 1. The second-order valence-corrected chi connectivity index (χ2v) is 4.75. The van der Waals surface area contributed by atoms with Crippen LogP contribution in [-0.4, -0.2) is 39.9 Å². The Labute approximate surface area is 135 Å². The Bertz CT molecular complexity index is 611. The van der Waals surface area contributed by atoms with Crippen LogP contribution in [-0.2, 0) is 9.53 Å². The molecule has 1 heterocycles. The van der Waals surface area contributed by atoms with Crippen LogP contribution in [0.15, 0.2) is 30.4 Å². The number of nitrogens with one attached hydrogen (secondary N) is 1. The van der Waals surface area contributed by atoms with Gasteiger partial charge in [-0.3, -0.25) is 0 Å². The summed E-state index contributed by atoms with van der Waals surface area (Å²) >= 11 is 0. The van der Waals surface area contributed by atoms with Crippen molar-refractivity contribution in [1.29, 1.82) is 0 Å². The Morgan fingerprint density at radius 1 is 1.13 bits per heavy atom. The summed E-state index contributed by atoms with van der Waals surface area (Å²) in [6.45, 7) is 2.12. The molecule has 6 heteroatoms. The summed E-state index contributed by atoms with van der Waals surface area (Å²) < 4.78 is 21.1. The van der Waals surface area contributed by atoms with Gasteiger partial charge in [-0.1, -0.05) is 12.2 Å². The van der Waals surface area contributed by atoms with Gasteiger partial charge in [0.25, 0.3) is 0 Å². The molecule has 1 aliphatic rings. The molecular weight excluding hydrogens is 298 g/mol. The molecule has 0 aliphatic carbocycles. The van der Waals surface area contributed by atoms with Gasteiger partial charge in [0.1, 0.15) is 6.04 Å². The van der Waals surface area contributed by atoms with Gasteiger partial charge in [-0.25, -0.2) is 4.79 Å². The van der Waals surface area contributed by atoms with Crippen LogP contribution in [0.4, 0.5) is 0 Å². The molecule has 0 fully saturated rings. The lowest BCUT2D eigenvalue weighted by molar-refractivity contribution is -0.143. The summed E-state index contributed by atoms with van der Waals surface area (Å²) in [5.41, 5.74) is 1.59. The molecule has 1 aromatic carbocycles. The third-order valence-electron chi connectivity index (χ3n) is 3.39. The average Bonchev–Trinajstić information content (AvgIpc) is 2.60. The van der Waals surface area contributed by atoms with Crippen molar-refractivity contribution in [2.24, 2.45) is 0 Å². The van der Waals surface area contributed by atoms with Gasteiger partial charge in [0.2, 0.25) is 5.75 Å². The highest BCUT2D eigenvalue weighted by Gasteiger charge is 2.22. The van der Waals surface area contributed by atoms with Crippen LogP contribution in [0.5, 0.6) is 17.2 Å². The summed E-state index contributed by atoms with van der Waals surface area (Å²) in [7, 11) is 4.67. The first-order chi connectivity index (χ1) is 11.1. The maximum Gasteiger partial charge on any atom is 0.332 e. The van der Waals surface area contributed by atoms with Crippen molar-refractivity contribution in [3.8, 4) is 17.2 Å². The van der Waals surface area contributed by atoms with Gasteiger partial charge in [0.05, 0.1) is 27.9 Å². The Kier molecular flexibility index (Phi) is 5.51. The second kappa shape index (κ2) is 7.58. The fraction of sp³-hybridized carbons (Fsp3) is 0.353. The fourth-order valence-corrected chi connectivity index (χ4v) is 2.31. The van der Waals surface area contributed by atoms with E-state index in [1.165, 1.54) is 0 Å². The zero-order valence-electron chi connectivity index (χ0n) is 13.7. The number of benzene rings is 1. The molecule has 0 spiro atoms. The molecule has 23 heavy (non-hydrogen) atoms. The standard InChI is InChI=1S/C17H21NO5/c1-5-23-17(19)13-8-6-7-12(18-13)11-9-14(20-2)16(22-4)15(10-11)21-3/h6-10,13,18H,5H2,1-4H3. The van der Waals surface area contributed by atoms with E-state index in [0.29, 0.717) is 23.9 Å². The van der Waals surface area contributed by atoms with E-state index in [1.54, 1.807) is 34.3 Å². The number of esters is 1. The summed E-state index contributed by atoms with van der Waals surface area (Å²) in [6.07, 6.45) is 5.44. The maximum absolute atomic E-state index is 11.9. The molecule has 0 saturated heterocycles. The number of allylic oxidation sites excluding steroid dienone is 2. The Hall–Kier alpha value is -2.63. The monoisotopic (exact) mass is 319 g/mol. The number of carbonyl (C=O) groups excluding carboxylic acids is 1. The minimum absolute atomic E-state index is 0.318. The van der Waals surface area contributed by atoms with Crippen LogP contribution < -0.4 is 19.5 Å². The van der Waals surface area contributed by atoms with Crippen LogP contribution in [0.3, 0.4) is 0 Å². The summed E-state index contributed by atoms with van der Waals surface area (Å²) in [5.74, 6) is 1.30. The molecule has 0 saturated carbocycles. The van der Waals surface area contributed by atoms with Crippen molar-refractivity contribution in [3.05, 3.63) is 35.9 Å². The maximum atomic E-state index is 11.9. The van der Waals surface area contributed by atoms with Gasteiger partial charge in [0.15, 0.2) is 11.5 Å². The molecule has 0 radical (unpaired) electrons. The molecule has 0 aromatic heterocycles. The van der Waals surface area contributed by atoms with E-state index in [2.05, 4.69) is 5.32 Å². The predicted molar refractivity (Wildman–Crippen MR) is 86.8 cm³/mol. The molecule has 1 aromatic rings. The van der Waals surface area contributed by atoms with Crippen molar-refractivity contribution >= 4 is 11.7 Å². The first-order valence-corrected chi connectivity index (χ1v) is 7.26. The molecule has 0 amide bonds. The third-order valence-corrected chi connectivity index (χ3v) is 3.39. The van der Waals surface area contributed by atoms with Crippen molar-refractivity contribution in [2.75, 3.05) is 27.9 Å². The molecule has 1 unspecified atom stereocenters. The minimum atomic E-state index is -0.519. The molecule has 2 rings (SSSR count). The fourth-order valence-electron chi connectivity index (χ4n) is 2.31. The number of methoxy groups -OCH3 is 3. The zero-order chi connectivity index (χ0) is 16.8. The van der Waals surface area contributed by atoms with Crippen LogP contribution in [0, 0.1) is 0 Å². The van der Waals surface area contributed by atoms with E-state index in [0.717, 1.165) is 11.3 Å². The Morgan fingerprint density at radius 3 is 2.30 bits per heavy atom. The van der Waals surface area contributed by atoms with Crippen LogP contribution in [0.2, 0.25) is 0 Å². The van der Waals surface area contributed by atoms with Gasteiger partial charge in [-0.15, -0.1) is 0 Å². The normalized spacial score (nSPS) is 16.2. The highest BCUT2D eigenvalue weighted by Crippen LogP contribution is 2.39. The number of carbonyl (C=O) groups is 1. The lowest BCUT2D eigenvalue weighted by Gasteiger charge is -2.22. The van der Waals surface area contributed by atoms with E-state index in [1.807, 2.05) is 24.3 Å². The van der Waals surface area contributed by atoms with Gasteiger partial charge >= 0.3 is 5.97 Å². The Morgan fingerprint density at radius 2 is 1.78 bits per heavy atom. The van der Waals surface area contributed by atoms with Crippen molar-refractivity contribution in [2.45, 2.75) is 13.0 Å². The summed E-state index contributed by atoms with van der Waals surface area (Å²) in [4.78, 5) is 11.9. The van der Waals surface area contributed by atoms with Gasteiger partial charge in [-0.05, 0) is 25.1 Å². The lowest BCUT2D eigenvalue weighted by Crippen LogP contribution is -2.36. The van der Waals surface area contributed by atoms with E-state index in [-0.39, 0.29) is 5.97 Å². The van der Waals surface area contributed by atoms with Crippen LogP contribution >= 0.6 is 0 Å². The van der Waals surface area contributed by atoms with E-state index in [4.69, 9.17) is 18.9 Å². The third kappa shape index (κ3) is 3.59. The SMILES string of the molecule is CCOC(=O)C1C=CC=C(c2cc(OC)c(OC)c(OC)c2)N1. The molecule has 124 valence electrons. The van der Waals surface area contributed by atoms with Crippen molar-refractivity contribution < 1.29 is 23.7 Å². The molecular formula is C17H21NO5. The molecule has 0 bridgehead atoms. The van der Waals surface area contributed by atoms with E-state index in [9.17, 15) is 4.79 Å². The molecule has 1 atom stereocenters. The lowest BCUT2D eigenvalue weighted by atomic mass is 10.1. The largest absolute Gasteiger partial charge is 0.493 e. The highest BCUT2D eigenvalue weighted by molar-refractivity contribution is 5.83. The van der Waals surface area contributed by atoms with Crippen molar-refractivity contribution in [3.63, 3.8) is 0 Å². The molecule has 1 aliphatic heterocycles. The van der Waals surface area contributed by atoms with Gasteiger partial charge < -0.3 is 24.3 Å². The summed E-state index contributed by atoms with van der Waals surface area (Å²) in [6, 6.07) is 3.12. The van der Waals surface area contributed by atoms with Gasteiger partial charge in [0, 0.05) is 11.3 Å². The van der Waals surface area contributed by atoms with E-state index >= 15 is 0 Å². The number of hydrogen-bond acceptors (Lipinski definition) is 6. The average molecular weight is 319 g/mol. The predicted octanol–water partition coefficient (Wildman–Crippen LogP) is 2.14. The number of ether oxygens (including phenoxy) is 4. The van der Waals surface area contributed by atoms with Crippen LogP contribution in [0.25, 0.3) is 5.70 Å². The van der Waals surface area contributed by atoms with Crippen molar-refractivity contribution in [1.82, 2.24) is 5.32 Å². The van der Waals surface area contributed by atoms with Crippen LogP contribution in [0.1, 0.15) is 12.5 Å². The number of rotatable bonds is 6. The summed E-state index contributed by atoms with van der Waals surface area (Å²) in [5, 5.41) is 3.14. The topological polar surface area (TPSA) is 66.0 Å². The van der Waals surface area contributed by atoms with Gasteiger partial charge in [-0.2, -0.15) is 0 Å². The number of hydrogen-bond donors (Lipinski definition) is 1. The Balaban J connectivity index is 2.33. The highest BCUT2D eigenvalue weighted by atomic mass is 16.5. The molecule has 1 N–H and O–H groups in total.